The van der Waals surface area contributed by atoms with Gasteiger partial charge in [0.1, 0.15) is 17.8 Å². The van der Waals surface area contributed by atoms with Crippen LogP contribution in [0.3, 0.4) is 0 Å². The summed E-state index contributed by atoms with van der Waals surface area (Å²) in [6.45, 7) is 0.107. The summed E-state index contributed by atoms with van der Waals surface area (Å²) in [7, 11) is 0. The third-order valence-corrected chi connectivity index (χ3v) is 4.84. The summed E-state index contributed by atoms with van der Waals surface area (Å²) in [4.78, 5) is 38.8. The van der Waals surface area contributed by atoms with Crippen molar-refractivity contribution in [1.29, 1.82) is 0 Å². The van der Waals surface area contributed by atoms with Gasteiger partial charge in [-0.15, -0.1) is 0 Å². The molecule has 2 aromatic rings. The lowest BCUT2D eigenvalue weighted by Gasteiger charge is -2.19. The lowest BCUT2D eigenvalue weighted by molar-refractivity contribution is -0.140. The average molecular weight is 398 g/mol. The van der Waals surface area contributed by atoms with E-state index >= 15 is 0 Å². The highest BCUT2D eigenvalue weighted by Crippen LogP contribution is 2.33. The van der Waals surface area contributed by atoms with Crippen LogP contribution in [0.1, 0.15) is 12.0 Å². The van der Waals surface area contributed by atoms with Crippen molar-refractivity contribution in [3.8, 4) is 0 Å². The molecule has 2 aliphatic heterocycles. The first-order valence-electron chi connectivity index (χ1n) is 8.59. The van der Waals surface area contributed by atoms with Crippen molar-refractivity contribution >= 4 is 35.1 Å². The Hall–Kier alpha value is -3.16. The van der Waals surface area contributed by atoms with Crippen LogP contribution in [-0.2, 0) is 25.7 Å². The molecule has 1 unspecified atom stereocenters. The third kappa shape index (κ3) is 3.26. The summed E-state index contributed by atoms with van der Waals surface area (Å²) >= 11 is 5.87. The van der Waals surface area contributed by atoms with Gasteiger partial charge in [-0.2, -0.15) is 0 Å². The summed E-state index contributed by atoms with van der Waals surface area (Å²) in [5, 5.41) is 0.501. The van der Waals surface area contributed by atoms with Gasteiger partial charge >= 0.3 is 5.97 Å². The zero-order chi connectivity index (χ0) is 19.7. The number of nitrogens with zero attached hydrogens (tertiary/aromatic N) is 1. The van der Waals surface area contributed by atoms with E-state index in [-0.39, 0.29) is 24.6 Å². The van der Waals surface area contributed by atoms with E-state index in [0.29, 0.717) is 10.7 Å². The number of nitrogens with one attached hydrogen (secondary N) is 2. The Kier molecular flexibility index (Phi) is 4.62. The molecule has 28 heavy (non-hydrogen) atoms. The zero-order valence-electron chi connectivity index (χ0n) is 14.6. The predicted molar refractivity (Wildman–Crippen MR) is 102 cm³/mol. The molecule has 142 valence electrons. The van der Waals surface area contributed by atoms with Crippen LogP contribution in [0.2, 0.25) is 5.02 Å². The first kappa shape index (κ1) is 18.2. The van der Waals surface area contributed by atoms with Gasteiger partial charge in [-0.1, -0.05) is 41.9 Å². The van der Waals surface area contributed by atoms with Crippen LogP contribution >= 0.6 is 11.6 Å². The van der Waals surface area contributed by atoms with Gasteiger partial charge < -0.3 is 10.2 Å². The highest BCUT2D eigenvalue weighted by atomic mass is 35.5. The first-order valence-corrected chi connectivity index (χ1v) is 8.96. The molecule has 4 rings (SSSR count). The largest absolute Gasteiger partial charge is 0.456 e. The number of ether oxygens (including phenoxy) is 1. The molecule has 1 atom stereocenters. The summed E-state index contributed by atoms with van der Waals surface area (Å²) in [5.74, 6) is -1.46. The Labute approximate surface area is 165 Å². The van der Waals surface area contributed by atoms with E-state index in [2.05, 4.69) is 10.9 Å². The van der Waals surface area contributed by atoms with Crippen molar-refractivity contribution in [2.45, 2.75) is 18.6 Å². The number of hydrogen-bond acceptors (Lipinski definition) is 6. The van der Waals surface area contributed by atoms with Crippen molar-refractivity contribution in [2.75, 3.05) is 4.90 Å². The molecule has 0 radical (unpaired) electrons. The fourth-order valence-electron chi connectivity index (χ4n) is 3.18. The summed E-state index contributed by atoms with van der Waals surface area (Å²) in [6, 6.07) is 15.6. The quantitative estimate of drug-likeness (QED) is 0.606. The molecule has 2 N–H and O–H groups in total. The molecule has 8 heteroatoms. The van der Waals surface area contributed by atoms with Crippen LogP contribution in [0, 0.1) is 0 Å². The number of rotatable bonds is 4. The molecule has 2 aliphatic rings. The first-order chi connectivity index (χ1) is 13.5. The van der Waals surface area contributed by atoms with Gasteiger partial charge in [0.25, 0.3) is 5.91 Å². The Morgan fingerprint density at radius 3 is 2.54 bits per heavy atom. The molecule has 0 saturated carbocycles. The van der Waals surface area contributed by atoms with E-state index in [0.717, 1.165) is 10.5 Å². The minimum atomic E-state index is -1.32. The van der Waals surface area contributed by atoms with Crippen LogP contribution in [0.5, 0.6) is 0 Å². The second-order valence-corrected chi connectivity index (χ2v) is 6.97. The van der Waals surface area contributed by atoms with Crippen molar-refractivity contribution in [2.24, 2.45) is 0 Å². The highest BCUT2D eigenvalue weighted by Gasteiger charge is 2.54. The van der Waals surface area contributed by atoms with Crippen molar-refractivity contribution in [3.63, 3.8) is 0 Å². The third-order valence-electron chi connectivity index (χ3n) is 4.59. The van der Waals surface area contributed by atoms with Gasteiger partial charge in [-0.3, -0.25) is 9.59 Å². The lowest BCUT2D eigenvalue weighted by Crippen LogP contribution is -2.51. The molecule has 2 amide bonds. The predicted octanol–water partition coefficient (Wildman–Crippen LogP) is 2.08. The van der Waals surface area contributed by atoms with Crippen molar-refractivity contribution < 1.29 is 19.1 Å². The SMILES string of the molecule is O=C(OCc1ccccc1)C1=CC2(CC(=O)N(c3ccc(Cl)cc3)C2=O)NN1. The standard InChI is InChI=1S/C20H16ClN3O4/c21-14-6-8-15(9-7-14)24-17(25)11-20(19(24)27)10-16(22-23-20)18(26)28-12-13-4-2-1-3-5-13/h1-10,22-23H,11-12H2. The fourth-order valence-corrected chi connectivity index (χ4v) is 3.30. The molecule has 1 saturated heterocycles. The van der Waals surface area contributed by atoms with E-state index in [1.807, 2.05) is 30.3 Å². The number of anilines is 1. The van der Waals surface area contributed by atoms with Gasteiger partial charge in [0, 0.05) is 5.02 Å². The van der Waals surface area contributed by atoms with Gasteiger partial charge in [-0.05, 0) is 35.9 Å². The summed E-state index contributed by atoms with van der Waals surface area (Å²) < 4.78 is 5.27. The highest BCUT2D eigenvalue weighted by molar-refractivity contribution is 6.31. The number of benzene rings is 2. The van der Waals surface area contributed by atoms with E-state index in [9.17, 15) is 14.4 Å². The van der Waals surface area contributed by atoms with E-state index < -0.39 is 17.4 Å². The normalized spacial score (nSPS) is 21.0. The summed E-state index contributed by atoms with van der Waals surface area (Å²) in [5.41, 5.74) is 5.48. The fraction of sp³-hybridized carbons (Fsp3) is 0.150. The molecule has 0 aliphatic carbocycles. The Balaban J connectivity index is 1.50. The molecule has 1 fully saturated rings. The van der Waals surface area contributed by atoms with Gasteiger partial charge in [0.15, 0.2) is 0 Å². The smallest absolute Gasteiger partial charge is 0.355 e. The molecule has 7 nitrogen and oxygen atoms in total. The maximum absolute atomic E-state index is 12.9. The van der Waals surface area contributed by atoms with Gasteiger partial charge in [-0.25, -0.2) is 15.1 Å². The van der Waals surface area contributed by atoms with Crippen LogP contribution < -0.4 is 15.8 Å². The monoisotopic (exact) mass is 397 g/mol. The van der Waals surface area contributed by atoms with Crippen molar-refractivity contribution in [1.82, 2.24) is 10.9 Å². The number of carbonyl (C=O) groups is 3. The van der Waals surface area contributed by atoms with Crippen LogP contribution in [-0.4, -0.2) is 23.3 Å². The second-order valence-electron chi connectivity index (χ2n) is 6.53. The van der Waals surface area contributed by atoms with Crippen LogP contribution in [0.25, 0.3) is 0 Å². The molecule has 2 heterocycles. The van der Waals surface area contributed by atoms with E-state index in [1.54, 1.807) is 24.3 Å². The van der Waals surface area contributed by atoms with Crippen LogP contribution in [0.4, 0.5) is 5.69 Å². The zero-order valence-corrected chi connectivity index (χ0v) is 15.4. The number of hydrogen-bond donors (Lipinski definition) is 2. The molecule has 1 spiro atoms. The van der Waals surface area contributed by atoms with Crippen LogP contribution in [0.15, 0.2) is 66.4 Å². The van der Waals surface area contributed by atoms with Gasteiger partial charge in [0.05, 0.1) is 12.1 Å². The molecule has 0 aromatic heterocycles. The average Bonchev–Trinajstić information content (AvgIpc) is 3.23. The number of esters is 1. The van der Waals surface area contributed by atoms with E-state index in [4.69, 9.17) is 16.3 Å². The minimum Gasteiger partial charge on any atom is -0.456 e. The maximum atomic E-state index is 12.9. The topological polar surface area (TPSA) is 87.7 Å². The maximum Gasteiger partial charge on any atom is 0.355 e. The number of amides is 2. The van der Waals surface area contributed by atoms with Crippen molar-refractivity contribution in [3.05, 3.63) is 77.0 Å². The summed E-state index contributed by atoms with van der Waals surface area (Å²) in [6.07, 6.45) is 1.30. The Morgan fingerprint density at radius 2 is 1.82 bits per heavy atom. The molecular weight excluding hydrogens is 382 g/mol. The second kappa shape index (κ2) is 7.10. The molecule has 0 bridgehead atoms. The number of carbonyl (C=O) groups excluding carboxylic acids is 3. The van der Waals surface area contributed by atoms with Gasteiger partial charge in [0.2, 0.25) is 5.91 Å². The number of halogens is 1. The Morgan fingerprint density at radius 1 is 1.11 bits per heavy atom. The Bertz CT molecular complexity index is 975. The molecular formula is C20H16ClN3O4. The molecule has 2 aromatic carbocycles. The number of imide groups is 1. The minimum absolute atomic E-state index is 0.0926. The number of hydrazine groups is 1. The lowest BCUT2D eigenvalue weighted by atomic mass is 9.98. The van der Waals surface area contributed by atoms with E-state index in [1.165, 1.54) is 6.08 Å².